The van der Waals surface area contributed by atoms with Crippen LogP contribution in [0.5, 0.6) is 0 Å². The number of hydrogen-bond donors (Lipinski definition) is 0. The quantitative estimate of drug-likeness (QED) is 0.466. The summed E-state index contributed by atoms with van der Waals surface area (Å²) in [6.45, 7) is 5.69. The van der Waals surface area contributed by atoms with Gasteiger partial charge in [0.05, 0.1) is 4.92 Å². The molecule has 1 aliphatic heterocycles. The van der Waals surface area contributed by atoms with Crippen LogP contribution in [-0.4, -0.2) is 52.7 Å². The van der Waals surface area contributed by atoms with E-state index in [0.717, 1.165) is 0 Å². The van der Waals surface area contributed by atoms with E-state index in [-0.39, 0.29) is 28.4 Å². The van der Waals surface area contributed by atoms with Crippen LogP contribution >= 0.6 is 11.6 Å². The zero-order chi connectivity index (χ0) is 18.6. The van der Waals surface area contributed by atoms with Gasteiger partial charge in [0.2, 0.25) is 11.8 Å². The molecule has 0 radical (unpaired) electrons. The number of benzene rings is 1. The maximum absolute atomic E-state index is 12.2. The van der Waals surface area contributed by atoms with Crippen LogP contribution in [0.2, 0.25) is 5.02 Å². The number of rotatable bonds is 4. The van der Waals surface area contributed by atoms with Gasteiger partial charge in [-0.1, -0.05) is 31.5 Å². The van der Waals surface area contributed by atoms with E-state index in [1.54, 1.807) is 15.9 Å². The molecule has 1 aromatic rings. The van der Waals surface area contributed by atoms with Gasteiger partial charge >= 0.3 is 0 Å². The lowest BCUT2D eigenvalue weighted by molar-refractivity contribution is -0.384. The van der Waals surface area contributed by atoms with Crippen molar-refractivity contribution in [3.05, 3.63) is 45.0 Å². The fraction of sp³-hybridized carbons (Fsp3) is 0.412. The number of nitrogens with zero attached hydrogens (tertiary/aromatic N) is 3. The van der Waals surface area contributed by atoms with Crippen molar-refractivity contribution in [3.8, 4) is 0 Å². The van der Waals surface area contributed by atoms with Crippen LogP contribution in [0.25, 0.3) is 6.08 Å². The van der Waals surface area contributed by atoms with E-state index in [1.807, 2.05) is 13.8 Å². The van der Waals surface area contributed by atoms with Crippen LogP contribution in [0.1, 0.15) is 19.4 Å². The van der Waals surface area contributed by atoms with Gasteiger partial charge in [0.1, 0.15) is 5.02 Å². The third kappa shape index (κ3) is 4.79. The summed E-state index contributed by atoms with van der Waals surface area (Å²) in [4.78, 5) is 37.9. The van der Waals surface area contributed by atoms with Gasteiger partial charge in [-0.3, -0.25) is 19.7 Å². The van der Waals surface area contributed by atoms with Crippen LogP contribution in [0, 0.1) is 16.0 Å². The Labute approximate surface area is 151 Å². The van der Waals surface area contributed by atoms with Crippen molar-refractivity contribution in [3.63, 3.8) is 0 Å². The van der Waals surface area contributed by atoms with Gasteiger partial charge in [-0.25, -0.2) is 0 Å². The van der Waals surface area contributed by atoms with E-state index in [4.69, 9.17) is 11.6 Å². The van der Waals surface area contributed by atoms with Crippen LogP contribution in [0.4, 0.5) is 5.69 Å². The highest BCUT2D eigenvalue weighted by atomic mass is 35.5. The van der Waals surface area contributed by atoms with Gasteiger partial charge in [0, 0.05) is 44.2 Å². The lowest BCUT2D eigenvalue weighted by Crippen LogP contribution is -2.51. The van der Waals surface area contributed by atoms with Crippen molar-refractivity contribution in [2.45, 2.75) is 13.8 Å². The highest BCUT2D eigenvalue weighted by Gasteiger charge is 2.24. The molecule has 134 valence electrons. The predicted octanol–water partition coefficient (Wildman–Crippen LogP) is 2.59. The van der Waals surface area contributed by atoms with Crippen LogP contribution in [0.15, 0.2) is 24.3 Å². The second kappa shape index (κ2) is 8.11. The van der Waals surface area contributed by atoms with Crippen molar-refractivity contribution in [1.29, 1.82) is 0 Å². The lowest BCUT2D eigenvalue weighted by Gasteiger charge is -2.35. The second-order valence-electron chi connectivity index (χ2n) is 6.11. The minimum Gasteiger partial charge on any atom is -0.339 e. The zero-order valence-electron chi connectivity index (χ0n) is 14.1. The lowest BCUT2D eigenvalue weighted by atomic mass is 10.1. The second-order valence-corrected chi connectivity index (χ2v) is 6.51. The van der Waals surface area contributed by atoms with Gasteiger partial charge in [-0.05, 0) is 17.7 Å². The molecule has 2 rings (SSSR count). The molecule has 0 bridgehead atoms. The number of hydrogen-bond acceptors (Lipinski definition) is 4. The monoisotopic (exact) mass is 365 g/mol. The highest BCUT2D eigenvalue weighted by Crippen LogP contribution is 2.25. The molecule has 0 saturated carbocycles. The van der Waals surface area contributed by atoms with E-state index in [1.165, 1.54) is 24.3 Å². The molecule has 7 nitrogen and oxygen atoms in total. The van der Waals surface area contributed by atoms with E-state index in [0.29, 0.717) is 31.7 Å². The summed E-state index contributed by atoms with van der Waals surface area (Å²) < 4.78 is 0. The molecule has 1 aliphatic rings. The highest BCUT2D eigenvalue weighted by molar-refractivity contribution is 6.32. The van der Waals surface area contributed by atoms with E-state index in [9.17, 15) is 19.7 Å². The summed E-state index contributed by atoms with van der Waals surface area (Å²) in [6.07, 6.45) is 2.91. The fourth-order valence-corrected chi connectivity index (χ4v) is 2.75. The third-order valence-corrected chi connectivity index (χ3v) is 4.30. The zero-order valence-corrected chi connectivity index (χ0v) is 14.9. The predicted molar refractivity (Wildman–Crippen MR) is 95.1 cm³/mol. The summed E-state index contributed by atoms with van der Waals surface area (Å²) in [5, 5.41) is 10.9. The SMILES string of the molecule is CC(C)C(=O)N1CCN(C(=O)/C=C/c2ccc(Cl)c([N+](=O)[O-])c2)CC1. The number of carbonyl (C=O) groups excluding carboxylic acids is 2. The van der Waals surface area contributed by atoms with Gasteiger partial charge in [0.15, 0.2) is 0 Å². The minimum atomic E-state index is -0.563. The molecule has 0 aromatic heterocycles. The standard InChI is InChI=1S/C17H20ClN3O4/c1-12(2)17(23)20-9-7-19(8-10-20)16(22)6-4-13-3-5-14(18)15(11-13)21(24)25/h3-6,11-12H,7-10H2,1-2H3/b6-4+. The maximum atomic E-state index is 12.2. The summed E-state index contributed by atoms with van der Waals surface area (Å²) in [7, 11) is 0. The molecule has 1 aromatic carbocycles. The minimum absolute atomic E-state index is 0.0529. The Morgan fingerprint density at radius 3 is 2.36 bits per heavy atom. The van der Waals surface area contributed by atoms with E-state index in [2.05, 4.69) is 0 Å². The summed E-state index contributed by atoms with van der Waals surface area (Å²) in [5.74, 6) is -0.145. The Morgan fingerprint density at radius 2 is 1.80 bits per heavy atom. The van der Waals surface area contributed by atoms with Crippen molar-refractivity contribution in [2.75, 3.05) is 26.2 Å². The van der Waals surface area contributed by atoms with Crippen molar-refractivity contribution < 1.29 is 14.5 Å². The molecule has 0 aliphatic carbocycles. The van der Waals surface area contributed by atoms with Gasteiger partial charge in [-0.2, -0.15) is 0 Å². The normalized spacial score (nSPS) is 15.0. The van der Waals surface area contributed by atoms with Crippen molar-refractivity contribution >= 4 is 35.2 Å². The van der Waals surface area contributed by atoms with Crippen LogP contribution in [0.3, 0.4) is 0 Å². The van der Waals surface area contributed by atoms with Crippen LogP contribution < -0.4 is 0 Å². The average Bonchev–Trinajstić information content (AvgIpc) is 2.59. The molecule has 25 heavy (non-hydrogen) atoms. The van der Waals surface area contributed by atoms with Gasteiger partial charge in [0.25, 0.3) is 5.69 Å². The first-order valence-corrected chi connectivity index (χ1v) is 8.37. The number of piperazine rings is 1. The first-order chi connectivity index (χ1) is 11.8. The van der Waals surface area contributed by atoms with Crippen molar-refractivity contribution in [1.82, 2.24) is 9.80 Å². The van der Waals surface area contributed by atoms with Crippen molar-refractivity contribution in [2.24, 2.45) is 5.92 Å². The molecule has 2 amide bonds. The Kier molecular flexibility index (Phi) is 6.14. The molecule has 0 N–H and O–H groups in total. The van der Waals surface area contributed by atoms with E-state index < -0.39 is 4.92 Å². The average molecular weight is 366 g/mol. The molecular formula is C17H20ClN3O4. The van der Waals surface area contributed by atoms with Crippen LogP contribution in [-0.2, 0) is 9.59 Å². The molecule has 8 heteroatoms. The first-order valence-electron chi connectivity index (χ1n) is 7.99. The topological polar surface area (TPSA) is 83.8 Å². The summed E-state index contributed by atoms with van der Waals surface area (Å²) in [5.41, 5.74) is 0.329. The Morgan fingerprint density at radius 1 is 1.20 bits per heavy atom. The largest absolute Gasteiger partial charge is 0.339 e. The molecular weight excluding hydrogens is 346 g/mol. The summed E-state index contributed by atoms with van der Waals surface area (Å²) in [6, 6.07) is 4.36. The number of amides is 2. The molecule has 1 fully saturated rings. The van der Waals surface area contributed by atoms with Gasteiger partial charge in [-0.15, -0.1) is 0 Å². The molecule has 0 spiro atoms. The number of halogens is 1. The van der Waals surface area contributed by atoms with Gasteiger partial charge < -0.3 is 9.80 Å². The number of carbonyl (C=O) groups is 2. The Hall–Kier alpha value is -2.41. The molecule has 1 heterocycles. The molecule has 1 saturated heterocycles. The maximum Gasteiger partial charge on any atom is 0.288 e. The summed E-state index contributed by atoms with van der Waals surface area (Å²) >= 11 is 5.76. The smallest absolute Gasteiger partial charge is 0.288 e. The molecule has 0 unspecified atom stereocenters. The Bertz CT molecular complexity index is 710. The molecule has 0 atom stereocenters. The number of nitro benzene ring substituents is 1. The Balaban J connectivity index is 1.97. The number of nitro groups is 1. The van der Waals surface area contributed by atoms with E-state index >= 15 is 0 Å². The first kappa shape index (κ1) is 18.9. The third-order valence-electron chi connectivity index (χ3n) is 3.98. The fourth-order valence-electron chi connectivity index (χ4n) is 2.56.